The molecule has 1 aliphatic carbocycles. The van der Waals surface area contributed by atoms with Crippen LogP contribution < -0.4 is 0 Å². The Morgan fingerprint density at radius 3 is 1.17 bits per heavy atom. The Kier molecular flexibility index (Phi) is 14.9. The van der Waals surface area contributed by atoms with Crippen LogP contribution in [0.3, 0.4) is 0 Å². The fourth-order valence-electron chi connectivity index (χ4n) is 7.42. The molecule has 6 atom stereocenters. The molecule has 58 heavy (non-hydrogen) atoms. The molecule has 0 aliphatic heterocycles. The minimum Gasteiger partial charge on any atom is -0.374 e. The van der Waals surface area contributed by atoms with Crippen LogP contribution in [0.5, 0.6) is 0 Å². The fraction of sp³-hybridized carbons (Fsp3) is 0.265. The molecule has 6 aromatic carbocycles. The Bertz CT molecular complexity index is 2110. The van der Waals surface area contributed by atoms with Crippen LogP contribution in [0.25, 0.3) is 10.4 Å². The van der Waals surface area contributed by atoms with Crippen LogP contribution in [0, 0.1) is 0 Å². The molecule has 9 heteroatoms. The summed E-state index contributed by atoms with van der Waals surface area (Å²) in [6, 6.07) is 58.8. The van der Waals surface area contributed by atoms with Gasteiger partial charge in [-0.2, -0.15) is 0 Å². The SMILES string of the molecule is [N-]=[N+]=N[C@@H]1[C@H](OCc2ccccc2)[C@@H](OCc2ccccc2)[C@H](OCc2ccccc2)[C@](COCc2ccccc2)(OCc2ccccc2)[C@H]1OCc1ccccc1. The van der Waals surface area contributed by atoms with E-state index in [2.05, 4.69) is 10.0 Å². The van der Waals surface area contributed by atoms with Gasteiger partial charge in [-0.05, 0) is 38.9 Å². The summed E-state index contributed by atoms with van der Waals surface area (Å²) in [5, 5.41) is 4.50. The molecule has 0 aromatic heterocycles. The topological polar surface area (TPSA) is 104 Å². The lowest BCUT2D eigenvalue weighted by Gasteiger charge is -2.55. The molecular formula is C49H49N3O6. The zero-order chi connectivity index (χ0) is 39.7. The third kappa shape index (κ3) is 10.9. The minimum atomic E-state index is -1.40. The van der Waals surface area contributed by atoms with Crippen molar-refractivity contribution in [3.63, 3.8) is 0 Å². The second-order valence-corrected chi connectivity index (χ2v) is 14.4. The monoisotopic (exact) mass is 775 g/mol. The van der Waals surface area contributed by atoms with Crippen molar-refractivity contribution in [3.8, 4) is 0 Å². The molecule has 9 nitrogen and oxygen atoms in total. The molecule has 0 N–H and O–H groups in total. The summed E-state index contributed by atoms with van der Waals surface area (Å²) in [4.78, 5) is 3.43. The molecule has 0 heterocycles. The van der Waals surface area contributed by atoms with Crippen LogP contribution >= 0.6 is 0 Å². The molecule has 6 aromatic rings. The van der Waals surface area contributed by atoms with Gasteiger partial charge < -0.3 is 28.4 Å². The second-order valence-electron chi connectivity index (χ2n) is 14.4. The highest BCUT2D eigenvalue weighted by molar-refractivity contribution is 5.22. The summed E-state index contributed by atoms with van der Waals surface area (Å²) in [6.07, 6.45) is -3.44. The van der Waals surface area contributed by atoms with Gasteiger partial charge in [-0.25, -0.2) is 0 Å². The first-order chi connectivity index (χ1) is 28.7. The lowest BCUT2D eigenvalue weighted by molar-refractivity contribution is -0.311. The van der Waals surface area contributed by atoms with E-state index in [1.165, 1.54) is 0 Å². The highest BCUT2D eigenvalue weighted by Gasteiger charge is 2.63. The Morgan fingerprint density at radius 1 is 0.414 bits per heavy atom. The third-order valence-corrected chi connectivity index (χ3v) is 10.3. The molecular weight excluding hydrogens is 727 g/mol. The maximum absolute atomic E-state index is 10.3. The third-order valence-electron chi connectivity index (χ3n) is 10.3. The fourth-order valence-corrected chi connectivity index (χ4v) is 7.42. The summed E-state index contributed by atoms with van der Waals surface area (Å²) in [6.45, 7) is 1.40. The Labute approximate surface area is 340 Å². The molecule has 0 radical (unpaired) electrons. The van der Waals surface area contributed by atoms with Gasteiger partial charge in [0.1, 0.15) is 23.9 Å². The van der Waals surface area contributed by atoms with Gasteiger partial charge >= 0.3 is 0 Å². The standard InChI is InChI=1S/C49H49N3O6/c50-52-51-44-45(54-32-39-21-9-2-10-22-39)46(55-33-40-23-11-3-12-24-40)48(57-35-42-27-15-5-16-28-42)49(58-36-43-29-17-6-18-30-43,37-53-31-38-19-7-1-8-20-38)47(44)56-34-41-25-13-4-14-26-41/h1-30,44-48H,31-37H2/t44-,45+,46-,47+,48+,49-/m1/s1. The summed E-state index contributed by atoms with van der Waals surface area (Å²) in [7, 11) is 0. The number of benzene rings is 6. The number of hydrogen-bond acceptors (Lipinski definition) is 7. The molecule has 0 bridgehead atoms. The van der Waals surface area contributed by atoms with Gasteiger partial charge in [-0.3, -0.25) is 0 Å². The van der Waals surface area contributed by atoms with Crippen LogP contribution in [-0.2, 0) is 68.1 Å². The summed E-state index contributed by atoms with van der Waals surface area (Å²) >= 11 is 0. The van der Waals surface area contributed by atoms with Crippen LogP contribution in [0.15, 0.2) is 187 Å². The zero-order valence-electron chi connectivity index (χ0n) is 32.4. The lowest BCUT2D eigenvalue weighted by Crippen LogP contribution is -2.74. The van der Waals surface area contributed by atoms with Gasteiger partial charge in [-0.1, -0.05) is 187 Å². The van der Waals surface area contributed by atoms with Gasteiger partial charge in [0.15, 0.2) is 0 Å². The van der Waals surface area contributed by atoms with E-state index in [-0.39, 0.29) is 39.6 Å². The molecule has 296 valence electrons. The van der Waals surface area contributed by atoms with Crippen LogP contribution in [0.2, 0.25) is 0 Å². The Morgan fingerprint density at radius 2 is 0.759 bits per heavy atom. The molecule has 7 rings (SSSR count). The number of ether oxygens (including phenoxy) is 6. The van der Waals surface area contributed by atoms with Crippen LogP contribution in [0.1, 0.15) is 33.4 Å². The largest absolute Gasteiger partial charge is 0.374 e. The molecule has 0 saturated heterocycles. The first-order valence-electron chi connectivity index (χ1n) is 19.7. The summed E-state index contributed by atoms with van der Waals surface area (Å²) in [5.74, 6) is 0. The van der Waals surface area contributed by atoms with E-state index in [4.69, 9.17) is 28.4 Å². The first kappa shape index (κ1) is 40.6. The van der Waals surface area contributed by atoms with Crippen molar-refractivity contribution in [2.24, 2.45) is 5.11 Å². The molecule has 1 aliphatic rings. The van der Waals surface area contributed by atoms with E-state index in [9.17, 15) is 5.53 Å². The summed E-state index contributed by atoms with van der Waals surface area (Å²) < 4.78 is 42.0. The van der Waals surface area contributed by atoms with Crippen molar-refractivity contribution < 1.29 is 28.4 Å². The van der Waals surface area contributed by atoms with Gasteiger partial charge in [0.25, 0.3) is 0 Å². The van der Waals surface area contributed by atoms with Gasteiger partial charge in [-0.15, -0.1) is 0 Å². The smallest absolute Gasteiger partial charge is 0.147 e. The van der Waals surface area contributed by atoms with Crippen molar-refractivity contribution in [2.45, 2.75) is 75.7 Å². The normalized spacial score (nSPS) is 21.6. The number of hydrogen-bond donors (Lipinski definition) is 0. The van der Waals surface area contributed by atoms with E-state index in [0.29, 0.717) is 6.61 Å². The lowest BCUT2D eigenvalue weighted by atomic mass is 9.73. The number of nitrogens with zero attached hydrogens (tertiary/aromatic N) is 3. The predicted molar refractivity (Wildman–Crippen MR) is 223 cm³/mol. The van der Waals surface area contributed by atoms with Crippen molar-refractivity contribution in [3.05, 3.63) is 226 Å². The number of rotatable bonds is 20. The maximum atomic E-state index is 10.3. The highest BCUT2D eigenvalue weighted by atomic mass is 16.6. The maximum Gasteiger partial charge on any atom is 0.147 e. The van der Waals surface area contributed by atoms with Crippen molar-refractivity contribution in [2.75, 3.05) is 6.61 Å². The molecule has 0 amide bonds. The quantitative estimate of drug-likeness (QED) is 0.0435. The van der Waals surface area contributed by atoms with E-state index >= 15 is 0 Å². The molecule has 0 unspecified atom stereocenters. The van der Waals surface area contributed by atoms with E-state index in [1.54, 1.807) is 0 Å². The van der Waals surface area contributed by atoms with Gasteiger partial charge in [0.05, 0.1) is 58.4 Å². The molecule has 1 saturated carbocycles. The van der Waals surface area contributed by atoms with Gasteiger partial charge in [0.2, 0.25) is 0 Å². The predicted octanol–water partition coefficient (Wildman–Crippen LogP) is 10.2. The molecule has 1 fully saturated rings. The highest BCUT2D eigenvalue weighted by Crippen LogP contribution is 2.43. The average molecular weight is 776 g/mol. The first-order valence-corrected chi connectivity index (χ1v) is 19.7. The van der Waals surface area contributed by atoms with E-state index < -0.39 is 36.1 Å². The van der Waals surface area contributed by atoms with Crippen molar-refractivity contribution in [1.82, 2.24) is 0 Å². The van der Waals surface area contributed by atoms with Crippen molar-refractivity contribution in [1.29, 1.82) is 0 Å². The molecule has 0 spiro atoms. The van der Waals surface area contributed by atoms with Gasteiger partial charge in [0, 0.05) is 4.91 Å². The zero-order valence-corrected chi connectivity index (χ0v) is 32.4. The van der Waals surface area contributed by atoms with Crippen LogP contribution in [-0.4, -0.2) is 42.7 Å². The van der Waals surface area contributed by atoms with E-state index in [0.717, 1.165) is 33.4 Å². The Hall–Kier alpha value is -5.61. The Balaban J connectivity index is 1.38. The van der Waals surface area contributed by atoms with E-state index in [1.807, 2.05) is 182 Å². The number of azide groups is 1. The minimum absolute atomic E-state index is 0.0156. The van der Waals surface area contributed by atoms with Crippen molar-refractivity contribution >= 4 is 0 Å². The second kappa shape index (κ2) is 21.2. The summed E-state index contributed by atoms with van der Waals surface area (Å²) in [5.41, 5.74) is 14.7. The average Bonchev–Trinajstić information content (AvgIpc) is 3.29. The van der Waals surface area contributed by atoms with Crippen LogP contribution in [0.4, 0.5) is 0 Å².